The van der Waals surface area contributed by atoms with Gasteiger partial charge in [-0.25, -0.2) is 0 Å². The molecule has 0 aliphatic carbocycles. The van der Waals surface area contributed by atoms with E-state index < -0.39 is 0 Å². The topological polar surface area (TPSA) is 47.9 Å². The van der Waals surface area contributed by atoms with Gasteiger partial charge >= 0.3 is 51.4 Å². The van der Waals surface area contributed by atoms with Gasteiger partial charge in [0, 0.05) is 32.7 Å². The van der Waals surface area contributed by atoms with Crippen molar-refractivity contribution in [1.82, 2.24) is 0 Å². The number of halogens is 4. The van der Waals surface area contributed by atoms with E-state index in [1.165, 1.54) is 27.8 Å². The summed E-state index contributed by atoms with van der Waals surface area (Å²) < 4.78 is 19.9. The molecule has 0 fully saturated rings. The minimum atomic E-state index is 0. The number of aryl methyl sites for hydroxylation is 4. The number of alkyl halides is 1. The van der Waals surface area contributed by atoms with Crippen molar-refractivity contribution in [2.24, 2.45) is 0 Å². The van der Waals surface area contributed by atoms with Gasteiger partial charge in [0.1, 0.15) is 17.2 Å². The molecule has 0 aromatic heterocycles. The third kappa shape index (κ3) is 47.7. The summed E-state index contributed by atoms with van der Waals surface area (Å²) in [6.45, 7) is 26.3. The maximum absolute atomic E-state index is 8.63. The molecular weight excluding hydrogens is 1180 g/mol. The van der Waals surface area contributed by atoms with Crippen molar-refractivity contribution >= 4 is 59.4 Å². The molecule has 0 bridgehead atoms. The second-order valence-corrected chi connectivity index (χ2v) is 17.6. The van der Waals surface area contributed by atoms with Gasteiger partial charge < -0.3 is 20.7 Å². The molecule has 0 amide bonds. The molecule has 0 spiro atoms. The summed E-state index contributed by atoms with van der Waals surface area (Å²) in [5.41, 5.74) is 7.57. The molecule has 0 saturated carbocycles. The largest absolute Gasteiger partial charge is 1.00 e. The Morgan fingerprint density at radius 3 is 1.13 bits per heavy atom. The molecular formula is C67H91Br3ClKO4. The molecule has 0 unspecified atom stereocenters. The molecule has 412 valence electrons. The van der Waals surface area contributed by atoms with Crippen LogP contribution in [0.4, 0.5) is 0 Å². The summed E-state index contributed by atoms with van der Waals surface area (Å²) in [6.07, 6.45) is 1.99. The van der Waals surface area contributed by atoms with Crippen LogP contribution in [0, 0.1) is 20.8 Å². The molecule has 0 radical (unpaired) electrons. The number of benzene rings is 8. The zero-order valence-electron chi connectivity index (χ0n) is 49.2. The molecule has 8 aromatic carbocycles. The summed E-state index contributed by atoms with van der Waals surface area (Å²) in [7, 11) is 1.67. The summed E-state index contributed by atoms with van der Waals surface area (Å²) in [5.74, 6) is 2.68. The predicted octanol–water partition coefficient (Wildman–Crippen LogP) is 19.5. The van der Waals surface area contributed by atoms with Gasteiger partial charge in [0.05, 0.1) is 26.9 Å². The van der Waals surface area contributed by atoms with Crippen LogP contribution in [0.1, 0.15) is 105 Å². The fourth-order valence-electron chi connectivity index (χ4n) is 5.20. The zero-order valence-corrected chi connectivity index (χ0v) is 56.8. The van der Waals surface area contributed by atoms with Crippen LogP contribution in [-0.2, 0) is 23.6 Å². The number of methoxy groups -OCH3 is 1. The first kappa shape index (κ1) is 79.0. The van der Waals surface area contributed by atoms with Crippen molar-refractivity contribution in [1.29, 1.82) is 0 Å². The SMILES string of the molecule is CC.CC.CC.CC.CCc1ccccc1.COc1ccccc1COCCCOc1ccc(Br)cc1.Cc1ccc(Br)cc1.Cc1ccc(Br)cc1.Cc1ccccc1.ClCc1ccccc1.Oc1ccccc1.[H-].[HH].[K+]. The molecule has 76 heavy (non-hydrogen) atoms. The van der Waals surface area contributed by atoms with E-state index in [2.05, 4.69) is 136 Å². The Bertz CT molecular complexity index is 2210. The van der Waals surface area contributed by atoms with E-state index in [-0.39, 0.29) is 54.2 Å². The summed E-state index contributed by atoms with van der Waals surface area (Å²) in [4.78, 5) is 0. The number of aromatic hydroxyl groups is 1. The van der Waals surface area contributed by atoms with Gasteiger partial charge in [-0.15, -0.1) is 11.6 Å². The van der Waals surface area contributed by atoms with Crippen LogP contribution >= 0.6 is 59.4 Å². The Kier molecular flexibility index (Phi) is 61.5. The normalized spacial score (nSPS) is 8.64. The number of hydrogen-bond donors (Lipinski definition) is 1. The maximum Gasteiger partial charge on any atom is 1.00 e. The van der Waals surface area contributed by atoms with E-state index in [0.29, 0.717) is 31.5 Å². The van der Waals surface area contributed by atoms with Gasteiger partial charge in [-0.2, -0.15) is 0 Å². The Morgan fingerprint density at radius 2 is 0.816 bits per heavy atom. The molecule has 0 saturated heterocycles. The van der Waals surface area contributed by atoms with Crippen molar-refractivity contribution < 1.29 is 73.6 Å². The first-order valence-electron chi connectivity index (χ1n) is 25.9. The molecule has 0 atom stereocenters. The van der Waals surface area contributed by atoms with E-state index in [1.54, 1.807) is 31.4 Å². The Hall–Kier alpha value is -3.51. The number of para-hydroxylation sites is 2. The summed E-state index contributed by atoms with van der Waals surface area (Å²) in [5, 5.41) is 8.63. The van der Waals surface area contributed by atoms with Gasteiger partial charge in [-0.05, 0) is 105 Å². The molecule has 0 heterocycles. The molecule has 0 aliphatic rings. The molecule has 8 rings (SSSR count). The number of phenols is 1. The van der Waals surface area contributed by atoms with Crippen molar-refractivity contribution in [3.8, 4) is 17.2 Å². The van der Waals surface area contributed by atoms with E-state index in [9.17, 15) is 0 Å². The van der Waals surface area contributed by atoms with E-state index in [0.717, 1.165) is 43.3 Å². The van der Waals surface area contributed by atoms with Gasteiger partial charge in [0.2, 0.25) is 0 Å². The van der Waals surface area contributed by atoms with E-state index in [4.69, 9.17) is 30.9 Å². The predicted molar refractivity (Wildman–Crippen MR) is 344 cm³/mol. The number of phenolic OH excluding ortho intramolecular Hbond substituents is 1. The fourth-order valence-corrected chi connectivity index (χ4v) is 6.17. The van der Waals surface area contributed by atoms with Crippen LogP contribution in [-0.4, -0.2) is 25.4 Å². The van der Waals surface area contributed by atoms with Crippen molar-refractivity contribution in [2.75, 3.05) is 20.3 Å². The van der Waals surface area contributed by atoms with Crippen molar-refractivity contribution in [3.05, 3.63) is 265 Å². The van der Waals surface area contributed by atoms with E-state index >= 15 is 0 Å². The molecule has 9 heteroatoms. The Balaban J connectivity index is -0.000000197. The van der Waals surface area contributed by atoms with Crippen LogP contribution in [0.15, 0.2) is 232 Å². The fraction of sp³-hybridized carbons (Fsp3) is 0.284. The van der Waals surface area contributed by atoms with Crippen LogP contribution in [0.5, 0.6) is 17.2 Å². The van der Waals surface area contributed by atoms with Crippen molar-refractivity contribution in [3.63, 3.8) is 0 Å². The second-order valence-electron chi connectivity index (χ2n) is 14.6. The van der Waals surface area contributed by atoms with Crippen LogP contribution in [0.3, 0.4) is 0 Å². The second kappa shape index (κ2) is 59.2. The van der Waals surface area contributed by atoms with Gasteiger partial charge in [-0.1, -0.05) is 278 Å². The van der Waals surface area contributed by atoms with Gasteiger partial charge in [0.15, 0.2) is 0 Å². The smallest absolute Gasteiger partial charge is 1.00 e. The van der Waals surface area contributed by atoms with Crippen LogP contribution in [0.2, 0.25) is 0 Å². The Labute approximate surface area is 538 Å². The maximum atomic E-state index is 8.63. The third-order valence-electron chi connectivity index (χ3n) is 8.93. The Morgan fingerprint density at radius 1 is 0.461 bits per heavy atom. The molecule has 1 N–H and O–H groups in total. The summed E-state index contributed by atoms with van der Waals surface area (Å²) in [6, 6.07) is 71.5. The average molecular weight is 1270 g/mol. The first-order valence-corrected chi connectivity index (χ1v) is 28.9. The summed E-state index contributed by atoms with van der Waals surface area (Å²) >= 11 is 15.6. The quantitative estimate of drug-likeness (QED) is 0.0842. The van der Waals surface area contributed by atoms with Crippen LogP contribution in [0.25, 0.3) is 0 Å². The number of rotatable bonds is 10. The molecule has 8 aromatic rings. The number of hydrogen-bond acceptors (Lipinski definition) is 4. The van der Waals surface area contributed by atoms with Gasteiger partial charge in [0.25, 0.3) is 0 Å². The van der Waals surface area contributed by atoms with Gasteiger partial charge in [-0.3, -0.25) is 0 Å². The minimum Gasteiger partial charge on any atom is -1.00 e. The zero-order chi connectivity index (χ0) is 56.7. The standard InChI is InChI=1S/C17H19BrO3.C8H10.2C7H7Br.C7H7Cl.C7H8.C6H6O.4C2H6.K.H2.H/c1-19-17-6-3-2-5-14(17)13-20-11-4-12-21-16-9-7-15(18)8-10-16;1-2-8-6-4-3-5-7-8;2*1-6-2-4-7(8)5-3-6;8-6-7-4-2-1-3-5-7;1-7-5-3-2-4-6-7;7-6-4-2-1-3-5-6;4*1-2;;;/h2-3,5-10H,4,11-13H2,1H3;3-7H,2H2,1H3;2*2-5H,1H3;1-5H,6H2;2-6H,1H3;1-5,7H;4*1-2H3;;1H;/q;;;;;;;;;;;+1;;-1. The van der Waals surface area contributed by atoms with Crippen LogP contribution < -0.4 is 60.9 Å². The first-order chi connectivity index (χ1) is 36.5. The van der Waals surface area contributed by atoms with Crippen molar-refractivity contribution in [2.45, 2.75) is 108 Å². The van der Waals surface area contributed by atoms with E-state index in [1.807, 2.05) is 189 Å². The monoisotopic (exact) mass is 1270 g/mol. The number of ether oxygens (including phenoxy) is 3. The molecule has 0 aliphatic heterocycles. The molecule has 4 nitrogen and oxygen atoms in total. The minimum absolute atomic E-state index is 0. The third-order valence-corrected chi connectivity index (χ3v) is 10.8. The average Bonchev–Trinajstić information content (AvgIpc) is 3.48.